The van der Waals surface area contributed by atoms with E-state index in [9.17, 15) is 4.79 Å². The van der Waals surface area contributed by atoms with Gasteiger partial charge < -0.3 is 10.6 Å². The van der Waals surface area contributed by atoms with Crippen LogP contribution >= 0.6 is 15.9 Å². The Morgan fingerprint density at radius 1 is 1.56 bits per heavy atom. The van der Waals surface area contributed by atoms with Crippen LogP contribution in [0.4, 0.5) is 5.82 Å². The Kier molecular flexibility index (Phi) is 6.12. The van der Waals surface area contributed by atoms with E-state index in [0.717, 1.165) is 23.7 Å². The van der Waals surface area contributed by atoms with Gasteiger partial charge in [0.15, 0.2) is 0 Å². The molecule has 2 N–H and O–H groups in total. The summed E-state index contributed by atoms with van der Waals surface area (Å²) >= 11 is 3.33. The number of unbranched alkanes of at least 4 members (excludes halogenated alkanes) is 1. The van der Waals surface area contributed by atoms with Gasteiger partial charge in [-0.2, -0.15) is 0 Å². The molecule has 0 spiro atoms. The summed E-state index contributed by atoms with van der Waals surface area (Å²) in [7, 11) is 1.76. The first kappa shape index (κ1) is 15.0. The van der Waals surface area contributed by atoms with Gasteiger partial charge >= 0.3 is 0 Å². The van der Waals surface area contributed by atoms with E-state index in [4.69, 9.17) is 0 Å². The fourth-order valence-electron chi connectivity index (χ4n) is 1.70. The third-order valence-electron chi connectivity index (χ3n) is 2.70. The van der Waals surface area contributed by atoms with Gasteiger partial charge in [-0.15, -0.1) is 0 Å². The first-order chi connectivity index (χ1) is 8.58. The number of carbonyl (C=O) groups excluding carboxylic acids is 1. The van der Waals surface area contributed by atoms with Crippen LogP contribution in [0.25, 0.3) is 0 Å². The number of aromatic nitrogens is 1. The van der Waals surface area contributed by atoms with Gasteiger partial charge in [0.25, 0.3) is 5.91 Å². The number of amides is 1. The lowest BCUT2D eigenvalue weighted by Gasteiger charge is -2.15. The normalized spacial score (nSPS) is 12.0. The van der Waals surface area contributed by atoms with Crippen molar-refractivity contribution >= 4 is 27.7 Å². The second-order valence-electron chi connectivity index (χ2n) is 4.32. The third kappa shape index (κ3) is 4.29. The van der Waals surface area contributed by atoms with Crippen LogP contribution in [0.5, 0.6) is 0 Å². The number of pyridine rings is 1. The Balaban J connectivity index is 2.74. The summed E-state index contributed by atoms with van der Waals surface area (Å²) in [6, 6.07) is 1.96. The SMILES string of the molecule is CCCCC(C)NC(=O)c1cc(Br)cnc1NC. The maximum absolute atomic E-state index is 12.1. The molecule has 5 heteroatoms. The van der Waals surface area contributed by atoms with Crippen LogP contribution in [-0.4, -0.2) is 24.0 Å². The average Bonchev–Trinajstić information content (AvgIpc) is 2.36. The lowest BCUT2D eigenvalue weighted by molar-refractivity contribution is 0.0938. The van der Waals surface area contributed by atoms with Crippen LogP contribution in [0.2, 0.25) is 0 Å². The number of anilines is 1. The third-order valence-corrected chi connectivity index (χ3v) is 3.14. The van der Waals surface area contributed by atoms with Gasteiger partial charge in [-0.1, -0.05) is 19.8 Å². The first-order valence-electron chi connectivity index (χ1n) is 6.22. The molecule has 0 aliphatic heterocycles. The Morgan fingerprint density at radius 3 is 2.89 bits per heavy atom. The summed E-state index contributed by atoms with van der Waals surface area (Å²) in [5.41, 5.74) is 0.565. The second-order valence-corrected chi connectivity index (χ2v) is 5.23. The van der Waals surface area contributed by atoms with Gasteiger partial charge in [0.2, 0.25) is 0 Å². The van der Waals surface area contributed by atoms with Crippen molar-refractivity contribution in [1.82, 2.24) is 10.3 Å². The van der Waals surface area contributed by atoms with Gasteiger partial charge in [0.05, 0.1) is 5.56 Å². The van der Waals surface area contributed by atoms with Crippen molar-refractivity contribution in [2.75, 3.05) is 12.4 Å². The number of hydrogen-bond donors (Lipinski definition) is 2. The highest BCUT2D eigenvalue weighted by Crippen LogP contribution is 2.17. The van der Waals surface area contributed by atoms with Crippen LogP contribution in [0, 0.1) is 0 Å². The standard InChI is InChI=1S/C13H20BrN3O/c1-4-5-6-9(2)17-13(18)11-7-10(14)8-16-12(11)15-3/h7-9H,4-6H2,1-3H3,(H,15,16)(H,17,18). The molecule has 1 atom stereocenters. The highest BCUT2D eigenvalue weighted by molar-refractivity contribution is 9.10. The molecular formula is C13H20BrN3O. The predicted molar refractivity (Wildman–Crippen MR) is 77.9 cm³/mol. The summed E-state index contributed by atoms with van der Waals surface area (Å²) < 4.78 is 0.799. The fraction of sp³-hybridized carbons (Fsp3) is 0.538. The molecule has 100 valence electrons. The zero-order chi connectivity index (χ0) is 13.5. The topological polar surface area (TPSA) is 54.0 Å². The number of nitrogens with one attached hydrogen (secondary N) is 2. The molecular weight excluding hydrogens is 294 g/mol. The Hall–Kier alpha value is -1.10. The quantitative estimate of drug-likeness (QED) is 0.848. The van der Waals surface area contributed by atoms with E-state index >= 15 is 0 Å². The highest BCUT2D eigenvalue weighted by Gasteiger charge is 2.14. The van der Waals surface area contributed by atoms with Crippen molar-refractivity contribution < 1.29 is 4.79 Å². The largest absolute Gasteiger partial charge is 0.372 e. The van der Waals surface area contributed by atoms with Crippen molar-refractivity contribution in [2.45, 2.75) is 39.2 Å². The summed E-state index contributed by atoms with van der Waals surface area (Å²) in [5.74, 6) is 0.509. The first-order valence-corrected chi connectivity index (χ1v) is 7.02. The molecule has 1 heterocycles. The van der Waals surface area contributed by atoms with Gasteiger partial charge in [0.1, 0.15) is 5.82 Å². The van der Waals surface area contributed by atoms with Crippen molar-refractivity contribution in [3.63, 3.8) is 0 Å². The van der Waals surface area contributed by atoms with Crippen molar-refractivity contribution in [3.8, 4) is 0 Å². The van der Waals surface area contributed by atoms with Gasteiger partial charge in [-0.3, -0.25) is 4.79 Å². The van der Waals surface area contributed by atoms with E-state index in [2.05, 4.69) is 38.5 Å². The molecule has 0 saturated heterocycles. The maximum atomic E-state index is 12.1. The summed E-state index contributed by atoms with van der Waals surface area (Å²) in [5, 5.41) is 5.92. The maximum Gasteiger partial charge on any atom is 0.255 e. The molecule has 4 nitrogen and oxygen atoms in total. The Morgan fingerprint density at radius 2 is 2.28 bits per heavy atom. The molecule has 1 amide bonds. The fourth-order valence-corrected chi connectivity index (χ4v) is 2.03. The molecule has 18 heavy (non-hydrogen) atoms. The zero-order valence-corrected chi connectivity index (χ0v) is 12.7. The van der Waals surface area contributed by atoms with Gasteiger partial charge in [-0.25, -0.2) is 4.98 Å². The molecule has 0 aromatic carbocycles. The number of halogens is 1. The van der Waals surface area contributed by atoms with E-state index in [1.165, 1.54) is 0 Å². The molecule has 0 radical (unpaired) electrons. The smallest absolute Gasteiger partial charge is 0.255 e. The van der Waals surface area contributed by atoms with Crippen LogP contribution < -0.4 is 10.6 Å². The lowest BCUT2D eigenvalue weighted by atomic mass is 10.1. The van der Waals surface area contributed by atoms with Crippen molar-refractivity contribution in [1.29, 1.82) is 0 Å². The van der Waals surface area contributed by atoms with Crippen LogP contribution in [0.1, 0.15) is 43.5 Å². The van der Waals surface area contributed by atoms with Crippen LogP contribution in [0.3, 0.4) is 0 Å². The molecule has 1 aromatic heterocycles. The summed E-state index contributed by atoms with van der Waals surface area (Å²) in [6.07, 6.45) is 4.93. The van der Waals surface area contributed by atoms with E-state index in [-0.39, 0.29) is 11.9 Å². The van der Waals surface area contributed by atoms with Gasteiger partial charge in [0, 0.05) is 23.8 Å². The van der Waals surface area contributed by atoms with E-state index in [0.29, 0.717) is 11.4 Å². The minimum absolute atomic E-state index is 0.0863. The zero-order valence-electron chi connectivity index (χ0n) is 11.1. The van der Waals surface area contributed by atoms with Crippen LogP contribution in [0.15, 0.2) is 16.7 Å². The number of hydrogen-bond acceptors (Lipinski definition) is 3. The van der Waals surface area contributed by atoms with Crippen molar-refractivity contribution in [2.24, 2.45) is 0 Å². The molecule has 0 aliphatic carbocycles. The molecule has 1 rings (SSSR count). The summed E-state index contributed by atoms with van der Waals surface area (Å²) in [6.45, 7) is 4.17. The molecule has 1 aromatic rings. The minimum atomic E-state index is -0.0863. The molecule has 0 aliphatic rings. The van der Waals surface area contributed by atoms with Crippen molar-refractivity contribution in [3.05, 3.63) is 22.3 Å². The Labute approximate surface area is 117 Å². The highest BCUT2D eigenvalue weighted by atomic mass is 79.9. The predicted octanol–water partition coefficient (Wildman–Crippen LogP) is 3.19. The number of nitrogens with zero attached hydrogens (tertiary/aromatic N) is 1. The monoisotopic (exact) mass is 313 g/mol. The van der Waals surface area contributed by atoms with E-state index in [1.54, 1.807) is 19.3 Å². The van der Waals surface area contributed by atoms with E-state index < -0.39 is 0 Å². The number of rotatable bonds is 6. The Bertz CT molecular complexity index is 409. The second kappa shape index (κ2) is 7.36. The van der Waals surface area contributed by atoms with E-state index in [1.807, 2.05) is 6.92 Å². The molecule has 0 bridgehead atoms. The average molecular weight is 314 g/mol. The minimum Gasteiger partial charge on any atom is -0.372 e. The van der Waals surface area contributed by atoms with Crippen LogP contribution in [-0.2, 0) is 0 Å². The summed E-state index contributed by atoms with van der Waals surface area (Å²) in [4.78, 5) is 16.3. The molecule has 0 saturated carbocycles. The molecule has 0 fully saturated rings. The molecule has 1 unspecified atom stereocenters. The number of carbonyl (C=O) groups is 1. The van der Waals surface area contributed by atoms with Gasteiger partial charge in [-0.05, 0) is 35.3 Å². The lowest BCUT2D eigenvalue weighted by Crippen LogP contribution is -2.33.